The van der Waals surface area contributed by atoms with Crippen LogP contribution in [0.25, 0.3) is 11.1 Å². The molecule has 0 unspecified atom stereocenters. The summed E-state index contributed by atoms with van der Waals surface area (Å²) < 4.78 is 26.1. The Labute approximate surface area is 106 Å². The first-order valence-electron chi connectivity index (χ1n) is 4.96. The molecule has 0 bridgehead atoms. The van der Waals surface area contributed by atoms with E-state index in [0.717, 1.165) is 18.2 Å². The Morgan fingerprint density at radius 2 is 1.61 bits per heavy atom. The molecule has 0 saturated heterocycles. The van der Waals surface area contributed by atoms with Gasteiger partial charge in [0.1, 0.15) is 11.6 Å². The molecule has 0 spiro atoms. The average molecular weight is 269 g/mol. The molecular weight excluding hydrogens is 262 g/mol. The summed E-state index contributed by atoms with van der Waals surface area (Å²) in [7, 11) is 0. The Morgan fingerprint density at radius 3 is 2.11 bits per heavy atom. The van der Waals surface area contributed by atoms with E-state index in [1.807, 2.05) is 0 Å². The van der Waals surface area contributed by atoms with Crippen molar-refractivity contribution in [2.75, 3.05) is 0 Å². The Hall–Kier alpha value is -1.94. The summed E-state index contributed by atoms with van der Waals surface area (Å²) in [6, 6.07) is 7.16. The number of benzene rings is 2. The molecule has 5 heteroatoms. The lowest BCUT2D eigenvalue weighted by Crippen LogP contribution is -1.97. The van der Waals surface area contributed by atoms with Crippen molar-refractivity contribution in [1.29, 1.82) is 0 Å². The van der Waals surface area contributed by atoms with Crippen molar-refractivity contribution in [2.45, 2.75) is 0 Å². The van der Waals surface area contributed by atoms with Gasteiger partial charge in [0.05, 0.1) is 10.6 Å². The molecule has 2 rings (SSSR count). The van der Waals surface area contributed by atoms with E-state index in [-0.39, 0.29) is 10.6 Å². The maximum absolute atomic E-state index is 13.1. The molecular formula is C13H7ClF2O2. The normalized spacial score (nSPS) is 10.4. The van der Waals surface area contributed by atoms with Crippen LogP contribution in [0.5, 0.6) is 0 Å². The van der Waals surface area contributed by atoms with Gasteiger partial charge < -0.3 is 5.11 Å². The van der Waals surface area contributed by atoms with Crippen LogP contribution in [0.3, 0.4) is 0 Å². The molecule has 2 aromatic carbocycles. The van der Waals surface area contributed by atoms with Crippen molar-refractivity contribution in [3.8, 4) is 11.1 Å². The van der Waals surface area contributed by atoms with Crippen LogP contribution in [0.4, 0.5) is 8.78 Å². The predicted molar refractivity (Wildman–Crippen MR) is 63.8 cm³/mol. The standard InChI is InChI=1S/C13H7ClF2O2/c14-12-5-7(1-2-11(12)13(17)18)8-3-9(15)6-10(16)4-8/h1-6H,(H,17,18). The number of halogens is 3. The lowest BCUT2D eigenvalue weighted by Gasteiger charge is -2.05. The highest BCUT2D eigenvalue weighted by molar-refractivity contribution is 6.33. The Kier molecular flexibility index (Phi) is 3.30. The molecule has 0 aliphatic rings. The molecule has 0 saturated carbocycles. The number of hydrogen-bond acceptors (Lipinski definition) is 1. The first kappa shape index (κ1) is 12.5. The zero-order valence-corrected chi connectivity index (χ0v) is 9.71. The zero-order valence-electron chi connectivity index (χ0n) is 8.95. The van der Waals surface area contributed by atoms with E-state index in [0.29, 0.717) is 11.1 Å². The molecule has 2 aromatic rings. The highest BCUT2D eigenvalue weighted by Crippen LogP contribution is 2.26. The summed E-state index contributed by atoms with van der Waals surface area (Å²) in [5.41, 5.74) is 0.687. The Morgan fingerprint density at radius 1 is 1.00 bits per heavy atom. The molecule has 92 valence electrons. The fourth-order valence-electron chi connectivity index (χ4n) is 1.59. The van der Waals surface area contributed by atoms with Crippen LogP contribution in [0, 0.1) is 11.6 Å². The summed E-state index contributed by atoms with van der Waals surface area (Å²) in [6.45, 7) is 0. The first-order chi connectivity index (χ1) is 8.47. The van der Waals surface area contributed by atoms with Crippen LogP contribution < -0.4 is 0 Å². The van der Waals surface area contributed by atoms with E-state index in [1.165, 1.54) is 18.2 Å². The quantitative estimate of drug-likeness (QED) is 0.894. The third kappa shape index (κ3) is 2.49. The van der Waals surface area contributed by atoms with Crippen molar-refractivity contribution < 1.29 is 18.7 Å². The van der Waals surface area contributed by atoms with Gasteiger partial charge in [-0.3, -0.25) is 0 Å². The van der Waals surface area contributed by atoms with Crippen molar-refractivity contribution >= 4 is 17.6 Å². The molecule has 0 amide bonds. The van der Waals surface area contributed by atoms with Gasteiger partial charge in [0, 0.05) is 6.07 Å². The van der Waals surface area contributed by atoms with Gasteiger partial charge >= 0.3 is 5.97 Å². The largest absolute Gasteiger partial charge is 0.478 e. The third-order valence-electron chi connectivity index (χ3n) is 2.40. The maximum Gasteiger partial charge on any atom is 0.337 e. The minimum absolute atomic E-state index is 0.0182. The van der Waals surface area contributed by atoms with Crippen LogP contribution in [-0.4, -0.2) is 11.1 Å². The molecule has 0 radical (unpaired) electrons. The fraction of sp³-hybridized carbons (Fsp3) is 0. The van der Waals surface area contributed by atoms with E-state index in [4.69, 9.17) is 16.7 Å². The molecule has 0 fully saturated rings. The van der Waals surface area contributed by atoms with E-state index in [1.54, 1.807) is 0 Å². The monoisotopic (exact) mass is 268 g/mol. The molecule has 0 heterocycles. The molecule has 0 aromatic heterocycles. The lowest BCUT2D eigenvalue weighted by molar-refractivity contribution is 0.0697. The summed E-state index contributed by atoms with van der Waals surface area (Å²) in [5.74, 6) is -2.57. The molecule has 0 aliphatic carbocycles. The minimum atomic E-state index is -1.16. The fourth-order valence-corrected chi connectivity index (χ4v) is 1.85. The summed E-state index contributed by atoms with van der Waals surface area (Å²) >= 11 is 5.79. The van der Waals surface area contributed by atoms with Gasteiger partial charge in [-0.1, -0.05) is 17.7 Å². The summed E-state index contributed by atoms with van der Waals surface area (Å²) in [4.78, 5) is 10.8. The van der Waals surface area contributed by atoms with Gasteiger partial charge in [0.15, 0.2) is 0 Å². The minimum Gasteiger partial charge on any atom is -0.478 e. The first-order valence-corrected chi connectivity index (χ1v) is 5.34. The second-order valence-corrected chi connectivity index (χ2v) is 4.07. The molecule has 2 nitrogen and oxygen atoms in total. The van der Waals surface area contributed by atoms with E-state index in [9.17, 15) is 13.6 Å². The van der Waals surface area contributed by atoms with Crippen molar-refractivity contribution in [3.63, 3.8) is 0 Å². The van der Waals surface area contributed by atoms with Crippen molar-refractivity contribution in [2.24, 2.45) is 0 Å². The van der Waals surface area contributed by atoms with Crippen LogP contribution >= 0.6 is 11.6 Å². The number of carboxylic acids is 1. The molecule has 1 N–H and O–H groups in total. The smallest absolute Gasteiger partial charge is 0.337 e. The summed E-state index contributed by atoms with van der Waals surface area (Å²) in [5, 5.41) is 8.83. The molecule has 0 atom stereocenters. The third-order valence-corrected chi connectivity index (χ3v) is 2.71. The van der Waals surface area contributed by atoms with E-state index in [2.05, 4.69) is 0 Å². The SMILES string of the molecule is O=C(O)c1ccc(-c2cc(F)cc(F)c2)cc1Cl. The topological polar surface area (TPSA) is 37.3 Å². The second-order valence-electron chi connectivity index (χ2n) is 3.66. The Balaban J connectivity index is 2.52. The summed E-state index contributed by atoms with van der Waals surface area (Å²) in [6.07, 6.45) is 0. The lowest BCUT2D eigenvalue weighted by atomic mass is 10.0. The number of hydrogen-bond donors (Lipinski definition) is 1. The van der Waals surface area contributed by atoms with Crippen LogP contribution in [-0.2, 0) is 0 Å². The van der Waals surface area contributed by atoms with Crippen LogP contribution in [0.15, 0.2) is 36.4 Å². The van der Waals surface area contributed by atoms with Gasteiger partial charge in [-0.25, -0.2) is 13.6 Å². The second kappa shape index (κ2) is 4.74. The van der Waals surface area contributed by atoms with Crippen molar-refractivity contribution in [1.82, 2.24) is 0 Å². The highest BCUT2D eigenvalue weighted by Gasteiger charge is 2.10. The van der Waals surface area contributed by atoms with Gasteiger partial charge in [0.2, 0.25) is 0 Å². The number of aromatic carboxylic acids is 1. The average Bonchev–Trinajstić information content (AvgIpc) is 2.26. The Bertz CT molecular complexity index is 606. The molecule has 18 heavy (non-hydrogen) atoms. The van der Waals surface area contributed by atoms with E-state index >= 15 is 0 Å². The van der Waals surface area contributed by atoms with Gasteiger partial charge in [-0.2, -0.15) is 0 Å². The highest BCUT2D eigenvalue weighted by atomic mass is 35.5. The van der Waals surface area contributed by atoms with Crippen LogP contribution in [0.1, 0.15) is 10.4 Å². The number of carbonyl (C=O) groups is 1. The van der Waals surface area contributed by atoms with Gasteiger partial charge in [-0.05, 0) is 35.4 Å². The van der Waals surface area contributed by atoms with Crippen molar-refractivity contribution in [3.05, 3.63) is 58.6 Å². The number of rotatable bonds is 2. The molecule has 0 aliphatic heterocycles. The van der Waals surface area contributed by atoms with Gasteiger partial charge in [0.25, 0.3) is 0 Å². The maximum atomic E-state index is 13.1. The predicted octanol–water partition coefficient (Wildman–Crippen LogP) is 3.98. The van der Waals surface area contributed by atoms with E-state index < -0.39 is 17.6 Å². The van der Waals surface area contributed by atoms with Gasteiger partial charge in [-0.15, -0.1) is 0 Å². The zero-order chi connectivity index (χ0) is 13.3. The van der Waals surface area contributed by atoms with Crippen LogP contribution in [0.2, 0.25) is 5.02 Å². The number of carboxylic acid groups (broad SMARTS) is 1.